The smallest absolute Gasteiger partial charge is 0.240 e. The first-order chi connectivity index (χ1) is 9.30. The van der Waals surface area contributed by atoms with Crippen LogP contribution in [0.15, 0.2) is 23.1 Å². The third-order valence-corrected chi connectivity index (χ3v) is 6.60. The van der Waals surface area contributed by atoms with Gasteiger partial charge in [0.25, 0.3) is 0 Å². The lowest BCUT2D eigenvalue weighted by molar-refractivity contribution is 0.477. The molecule has 114 valence electrons. The van der Waals surface area contributed by atoms with Gasteiger partial charge in [-0.25, -0.2) is 13.1 Å². The second-order valence-electron chi connectivity index (χ2n) is 4.64. The molecule has 1 aromatic rings. The number of nitrogens with two attached hydrogens (primary N) is 1. The van der Waals surface area contributed by atoms with Crippen molar-refractivity contribution in [2.24, 2.45) is 0 Å². The highest BCUT2D eigenvalue weighted by molar-refractivity contribution is 8.00. The Morgan fingerprint density at radius 3 is 2.40 bits per heavy atom. The number of thioether (sulfide) groups is 1. The van der Waals surface area contributed by atoms with Crippen molar-refractivity contribution in [3.63, 3.8) is 0 Å². The standard InChI is InChI=1S/C13H22N2O3S2/c1-4-13(5-2,19-3)9-15-20(17,18)10-6-7-12(16)11(14)8-10/h6-8,15-16H,4-5,9,14H2,1-3H3. The number of aromatic hydroxyl groups is 1. The molecule has 0 heterocycles. The Bertz CT molecular complexity index is 546. The predicted molar refractivity (Wildman–Crippen MR) is 84.5 cm³/mol. The van der Waals surface area contributed by atoms with Crippen LogP contribution in [0.2, 0.25) is 0 Å². The van der Waals surface area contributed by atoms with Gasteiger partial charge in [0.15, 0.2) is 0 Å². The summed E-state index contributed by atoms with van der Waals surface area (Å²) >= 11 is 1.67. The van der Waals surface area contributed by atoms with Crippen LogP contribution >= 0.6 is 11.8 Å². The molecule has 5 nitrogen and oxygen atoms in total. The van der Waals surface area contributed by atoms with Gasteiger partial charge in [0.2, 0.25) is 10.0 Å². The van der Waals surface area contributed by atoms with Gasteiger partial charge in [-0.05, 0) is 37.3 Å². The molecule has 20 heavy (non-hydrogen) atoms. The minimum absolute atomic E-state index is 0.0509. The SMILES string of the molecule is CCC(CC)(CNS(=O)(=O)c1ccc(O)c(N)c1)SC. The average Bonchev–Trinajstić information content (AvgIpc) is 2.44. The Morgan fingerprint density at radius 1 is 1.35 bits per heavy atom. The van der Waals surface area contributed by atoms with Crippen molar-refractivity contribution in [3.8, 4) is 5.75 Å². The number of hydrogen-bond donors (Lipinski definition) is 3. The summed E-state index contributed by atoms with van der Waals surface area (Å²) < 4.78 is 27.0. The van der Waals surface area contributed by atoms with E-state index in [1.165, 1.54) is 18.2 Å². The molecule has 4 N–H and O–H groups in total. The minimum Gasteiger partial charge on any atom is -0.506 e. The third-order valence-electron chi connectivity index (χ3n) is 3.62. The van der Waals surface area contributed by atoms with Gasteiger partial charge in [-0.15, -0.1) is 0 Å². The van der Waals surface area contributed by atoms with Crippen LogP contribution in [-0.2, 0) is 10.0 Å². The first-order valence-corrected chi connectivity index (χ1v) is 9.14. The van der Waals surface area contributed by atoms with Crippen LogP contribution in [0, 0.1) is 0 Å². The van der Waals surface area contributed by atoms with E-state index in [0.717, 1.165) is 12.8 Å². The highest BCUT2D eigenvalue weighted by Crippen LogP contribution is 2.30. The third kappa shape index (κ3) is 3.80. The van der Waals surface area contributed by atoms with Crippen LogP contribution in [0.25, 0.3) is 0 Å². The van der Waals surface area contributed by atoms with E-state index >= 15 is 0 Å². The quantitative estimate of drug-likeness (QED) is 0.529. The molecule has 0 spiro atoms. The van der Waals surface area contributed by atoms with Crippen LogP contribution in [-0.4, -0.2) is 31.1 Å². The highest BCUT2D eigenvalue weighted by Gasteiger charge is 2.27. The molecule has 0 aliphatic heterocycles. The molecule has 0 saturated heterocycles. The van der Waals surface area contributed by atoms with Gasteiger partial charge < -0.3 is 10.8 Å². The monoisotopic (exact) mass is 318 g/mol. The molecule has 0 aliphatic rings. The van der Waals surface area contributed by atoms with Crippen molar-refractivity contribution in [2.75, 3.05) is 18.5 Å². The first-order valence-electron chi connectivity index (χ1n) is 6.43. The first kappa shape index (κ1) is 17.1. The normalized spacial score (nSPS) is 12.6. The van der Waals surface area contributed by atoms with E-state index in [2.05, 4.69) is 4.72 Å². The molecule has 0 unspecified atom stereocenters. The lowest BCUT2D eigenvalue weighted by Crippen LogP contribution is -2.39. The number of nitrogen functional groups attached to an aromatic ring is 1. The van der Waals surface area contributed by atoms with Crippen molar-refractivity contribution in [1.82, 2.24) is 4.72 Å². The van der Waals surface area contributed by atoms with Crippen molar-refractivity contribution >= 4 is 27.5 Å². The Hall–Kier alpha value is -0.920. The van der Waals surface area contributed by atoms with Crippen LogP contribution in [0.4, 0.5) is 5.69 Å². The van der Waals surface area contributed by atoms with Crippen LogP contribution in [0.1, 0.15) is 26.7 Å². The zero-order chi connectivity index (χ0) is 15.4. The molecule has 7 heteroatoms. The van der Waals surface area contributed by atoms with E-state index in [1.54, 1.807) is 11.8 Å². The van der Waals surface area contributed by atoms with E-state index in [4.69, 9.17) is 5.73 Å². The number of phenolic OH excluding ortho intramolecular Hbond substituents is 1. The average molecular weight is 318 g/mol. The Morgan fingerprint density at radius 2 is 1.95 bits per heavy atom. The molecule has 0 saturated carbocycles. The molecule has 0 bridgehead atoms. The number of sulfonamides is 1. The van der Waals surface area contributed by atoms with Gasteiger partial charge in [-0.2, -0.15) is 11.8 Å². The molecule has 1 aromatic carbocycles. The number of nitrogens with one attached hydrogen (secondary N) is 1. The summed E-state index contributed by atoms with van der Waals surface area (Å²) in [6, 6.07) is 3.88. The second kappa shape index (κ2) is 6.69. The van der Waals surface area contributed by atoms with Gasteiger partial charge in [0.05, 0.1) is 10.6 Å². The Labute approximate surface area is 125 Å². The van der Waals surface area contributed by atoms with Crippen LogP contribution in [0.5, 0.6) is 5.75 Å². The van der Waals surface area contributed by atoms with Crippen molar-refractivity contribution in [1.29, 1.82) is 0 Å². The summed E-state index contributed by atoms with van der Waals surface area (Å²) in [7, 11) is -3.62. The summed E-state index contributed by atoms with van der Waals surface area (Å²) in [5, 5.41) is 9.34. The number of hydrogen-bond acceptors (Lipinski definition) is 5. The van der Waals surface area contributed by atoms with Gasteiger partial charge >= 0.3 is 0 Å². The van der Waals surface area contributed by atoms with Crippen molar-refractivity contribution < 1.29 is 13.5 Å². The topological polar surface area (TPSA) is 92.4 Å². The number of anilines is 1. The van der Waals surface area contributed by atoms with Gasteiger partial charge in [0, 0.05) is 11.3 Å². The molecule has 0 radical (unpaired) electrons. The van der Waals surface area contributed by atoms with Crippen molar-refractivity contribution in [3.05, 3.63) is 18.2 Å². The fraction of sp³-hybridized carbons (Fsp3) is 0.538. The molecular weight excluding hydrogens is 296 g/mol. The maximum Gasteiger partial charge on any atom is 0.240 e. The van der Waals surface area contributed by atoms with Gasteiger partial charge in [0.1, 0.15) is 5.75 Å². The van der Waals surface area contributed by atoms with E-state index in [0.29, 0.717) is 6.54 Å². The minimum atomic E-state index is -3.62. The second-order valence-corrected chi connectivity index (χ2v) is 7.68. The summed E-state index contributed by atoms with van der Waals surface area (Å²) in [6.45, 7) is 4.46. The van der Waals surface area contributed by atoms with Gasteiger partial charge in [-0.3, -0.25) is 0 Å². The zero-order valence-corrected chi connectivity index (χ0v) is 13.6. The lowest BCUT2D eigenvalue weighted by Gasteiger charge is -2.29. The van der Waals surface area contributed by atoms with Crippen LogP contribution < -0.4 is 10.5 Å². The van der Waals surface area contributed by atoms with E-state index < -0.39 is 10.0 Å². The summed E-state index contributed by atoms with van der Waals surface area (Å²) in [5.74, 6) is -0.121. The summed E-state index contributed by atoms with van der Waals surface area (Å²) in [5.41, 5.74) is 5.58. The number of benzene rings is 1. The largest absolute Gasteiger partial charge is 0.506 e. The highest BCUT2D eigenvalue weighted by atomic mass is 32.2. The maximum atomic E-state index is 12.2. The molecule has 0 atom stereocenters. The Balaban J connectivity index is 2.92. The molecule has 0 amide bonds. The zero-order valence-electron chi connectivity index (χ0n) is 12.0. The molecule has 0 fully saturated rings. The van der Waals surface area contributed by atoms with E-state index in [9.17, 15) is 13.5 Å². The fourth-order valence-electron chi connectivity index (χ4n) is 1.87. The molecular formula is C13H22N2O3S2. The molecule has 1 rings (SSSR count). The van der Waals surface area contributed by atoms with Crippen LogP contribution in [0.3, 0.4) is 0 Å². The number of rotatable bonds is 7. The summed E-state index contributed by atoms with van der Waals surface area (Å²) in [6.07, 6.45) is 3.75. The predicted octanol–water partition coefficient (Wildman–Crippen LogP) is 2.17. The molecule has 0 aliphatic carbocycles. The maximum absolute atomic E-state index is 12.2. The Kier molecular flexibility index (Phi) is 5.73. The van der Waals surface area contributed by atoms with Crippen molar-refractivity contribution in [2.45, 2.75) is 36.3 Å². The van der Waals surface area contributed by atoms with Gasteiger partial charge in [-0.1, -0.05) is 13.8 Å². The van der Waals surface area contributed by atoms with E-state index in [1.807, 2.05) is 20.1 Å². The lowest BCUT2D eigenvalue weighted by atomic mass is 10.0. The number of phenols is 1. The molecule has 0 aromatic heterocycles. The summed E-state index contributed by atoms with van der Waals surface area (Å²) in [4.78, 5) is 0.0648. The van der Waals surface area contributed by atoms with E-state index in [-0.39, 0.29) is 21.1 Å². The fourth-order valence-corrected chi connectivity index (χ4v) is 3.92.